The third kappa shape index (κ3) is 4.54. The number of benzene rings is 1. The van der Waals surface area contributed by atoms with E-state index in [1.165, 1.54) is 17.5 Å². The molecule has 11 heteroatoms. The van der Waals surface area contributed by atoms with Crippen molar-refractivity contribution in [3.05, 3.63) is 45.4 Å². The molecule has 0 atom stereocenters. The van der Waals surface area contributed by atoms with Crippen LogP contribution in [0.4, 0.5) is 9.93 Å². The molecule has 148 valence electrons. The molecule has 2 N–H and O–H groups in total. The molecule has 7 nitrogen and oxygen atoms in total. The molecule has 1 aromatic carbocycles. The molecule has 3 aromatic rings. The normalized spacial score (nSPS) is 11.3. The van der Waals surface area contributed by atoms with Crippen LogP contribution in [0.15, 0.2) is 38.5 Å². The van der Waals surface area contributed by atoms with Crippen molar-refractivity contribution < 1.29 is 17.9 Å². The third-order valence-electron chi connectivity index (χ3n) is 3.76. The zero-order valence-electron chi connectivity index (χ0n) is 15.1. The van der Waals surface area contributed by atoms with Crippen LogP contribution in [0.2, 0.25) is 0 Å². The highest BCUT2D eigenvalue weighted by Crippen LogP contribution is 2.37. The van der Waals surface area contributed by atoms with Gasteiger partial charge in [-0.15, -0.1) is 11.3 Å². The van der Waals surface area contributed by atoms with Crippen LogP contribution in [-0.2, 0) is 10.0 Å². The number of aryl methyl sites for hydroxylation is 2. The van der Waals surface area contributed by atoms with Crippen molar-refractivity contribution >= 4 is 59.8 Å². The average molecular weight is 502 g/mol. The van der Waals surface area contributed by atoms with Crippen LogP contribution >= 0.6 is 38.6 Å². The smallest absolute Gasteiger partial charge is 0.334 e. The fourth-order valence-electron chi connectivity index (χ4n) is 2.48. The van der Waals surface area contributed by atoms with Gasteiger partial charge in [0.1, 0.15) is 9.96 Å². The summed E-state index contributed by atoms with van der Waals surface area (Å²) in [6, 6.07) is 6.30. The second-order valence-electron chi connectivity index (χ2n) is 5.79. The molecule has 0 fully saturated rings. The van der Waals surface area contributed by atoms with E-state index in [0.717, 1.165) is 42.4 Å². The summed E-state index contributed by atoms with van der Waals surface area (Å²) in [5.74, 6) is 0.732. The summed E-state index contributed by atoms with van der Waals surface area (Å²) in [5, 5.41) is 2.69. The predicted octanol–water partition coefficient (Wildman–Crippen LogP) is 4.77. The largest absolute Gasteiger partial charge is 0.497 e. The summed E-state index contributed by atoms with van der Waals surface area (Å²) in [6.45, 7) is 3.77. The zero-order valence-corrected chi connectivity index (χ0v) is 19.1. The van der Waals surface area contributed by atoms with E-state index in [9.17, 15) is 13.2 Å². The van der Waals surface area contributed by atoms with Gasteiger partial charge in [0, 0.05) is 4.88 Å². The van der Waals surface area contributed by atoms with Crippen LogP contribution in [0.1, 0.15) is 11.1 Å². The molecule has 28 heavy (non-hydrogen) atoms. The number of anilines is 1. The van der Waals surface area contributed by atoms with E-state index in [0.29, 0.717) is 0 Å². The van der Waals surface area contributed by atoms with Gasteiger partial charge in [0.2, 0.25) is 0 Å². The Morgan fingerprint density at radius 1 is 1.18 bits per heavy atom. The standard InChI is InChI=1S/C17H16BrN3O4S3/c1-9-6-11(25-3)4-5-12(9)15-10(2)7-14(27-15)28(23,24)21-16(22)20-17-19-8-13(18)26-17/h4-8H,1-3H3,(H2,19,20,21,22). The van der Waals surface area contributed by atoms with Crippen LogP contribution in [0, 0.1) is 13.8 Å². The maximum absolute atomic E-state index is 12.6. The number of hydrogen-bond donors (Lipinski definition) is 2. The van der Waals surface area contributed by atoms with E-state index in [1.807, 2.05) is 36.8 Å². The Morgan fingerprint density at radius 2 is 1.93 bits per heavy atom. The highest BCUT2D eigenvalue weighted by Gasteiger charge is 2.23. The molecule has 0 radical (unpaired) electrons. The van der Waals surface area contributed by atoms with Gasteiger partial charge in [-0.3, -0.25) is 5.32 Å². The zero-order chi connectivity index (χ0) is 20.5. The molecule has 3 rings (SSSR count). The molecule has 0 bridgehead atoms. The van der Waals surface area contributed by atoms with Gasteiger partial charge in [0.25, 0.3) is 10.0 Å². The van der Waals surface area contributed by atoms with Gasteiger partial charge in [-0.1, -0.05) is 11.3 Å². The molecule has 2 aromatic heterocycles. The monoisotopic (exact) mass is 501 g/mol. The minimum Gasteiger partial charge on any atom is -0.497 e. The van der Waals surface area contributed by atoms with E-state index >= 15 is 0 Å². The first kappa shape index (κ1) is 20.8. The second-order valence-corrected chi connectivity index (χ2v) is 11.2. The van der Waals surface area contributed by atoms with Gasteiger partial charge in [-0.05, 0) is 70.7 Å². The first-order valence-electron chi connectivity index (χ1n) is 7.90. The average Bonchev–Trinajstić information content (AvgIpc) is 3.20. The summed E-state index contributed by atoms with van der Waals surface area (Å²) >= 11 is 5.51. The molecule has 2 heterocycles. The van der Waals surface area contributed by atoms with Crippen LogP contribution in [0.3, 0.4) is 0 Å². The topological polar surface area (TPSA) is 97.4 Å². The number of carbonyl (C=O) groups is 1. The fourth-order valence-corrected chi connectivity index (χ4v) is 6.12. The van der Waals surface area contributed by atoms with Gasteiger partial charge < -0.3 is 4.74 Å². The maximum atomic E-state index is 12.6. The molecule has 0 aliphatic heterocycles. The summed E-state index contributed by atoms with van der Waals surface area (Å²) in [4.78, 5) is 16.8. The number of amides is 2. The van der Waals surface area contributed by atoms with E-state index in [2.05, 4.69) is 26.2 Å². The van der Waals surface area contributed by atoms with Crippen molar-refractivity contribution in [2.75, 3.05) is 12.4 Å². The van der Waals surface area contributed by atoms with Crippen molar-refractivity contribution in [3.63, 3.8) is 0 Å². The van der Waals surface area contributed by atoms with Gasteiger partial charge >= 0.3 is 6.03 Å². The number of thiazole rings is 1. The van der Waals surface area contributed by atoms with E-state index in [-0.39, 0.29) is 9.34 Å². The van der Waals surface area contributed by atoms with Gasteiger partial charge in [-0.25, -0.2) is 22.9 Å². The van der Waals surface area contributed by atoms with Gasteiger partial charge in [0.15, 0.2) is 5.13 Å². The Labute approximate surface area is 179 Å². The van der Waals surface area contributed by atoms with Crippen LogP contribution < -0.4 is 14.8 Å². The number of urea groups is 1. The first-order valence-corrected chi connectivity index (χ1v) is 11.8. The number of sulfonamides is 1. The molecule has 0 saturated heterocycles. The van der Waals surface area contributed by atoms with E-state index < -0.39 is 16.1 Å². The lowest BCUT2D eigenvalue weighted by Crippen LogP contribution is -2.33. The van der Waals surface area contributed by atoms with Crippen molar-refractivity contribution in [1.29, 1.82) is 0 Å². The summed E-state index contributed by atoms with van der Waals surface area (Å²) in [6.07, 6.45) is 1.51. The molecule has 2 amide bonds. The van der Waals surface area contributed by atoms with Gasteiger partial charge in [0.05, 0.1) is 17.1 Å². The molecule has 0 spiro atoms. The fraction of sp³-hybridized carbons (Fsp3) is 0.176. The molecule has 0 aliphatic carbocycles. The van der Waals surface area contributed by atoms with E-state index in [1.54, 1.807) is 13.2 Å². The number of ether oxygens (including phenoxy) is 1. The Morgan fingerprint density at radius 3 is 2.54 bits per heavy atom. The minimum atomic E-state index is -4.01. The van der Waals surface area contributed by atoms with Crippen molar-refractivity contribution in [2.45, 2.75) is 18.1 Å². The van der Waals surface area contributed by atoms with Gasteiger partial charge in [-0.2, -0.15) is 0 Å². The number of rotatable bonds is 5. The quantitative estimate of drug-likeness (QED) is 0.524. The number of halogens is 1. The maximum Gasteiger partial charge on any atom is 0.334 e. The Balaban J connectivity index is 1.83. The Hall–Kier alpha value is -1.95. The number of aromatic nitrogens is 1. The molecular formula is C17H16BrN3O4S3. The van der Waals surface area contributed by atoms with Crippen LogP contribution in [-0.4, -0.2) is 26.5 Å². The van der Waals surface area contributed by atoms with Crippen LogP contribution in [0.25, 0.3) is 10.4 Å². The molecular weight excluding hydrogens is 486 g/mol. The predicted molar refractivity (Wildman–Crippen MR) is 115 cm³/mol. The summed E-state index contributed by atoms with van der Waals surface area (Å²) < 4.78 is 33.2. The highest BCUT2D eigenvalue weighted by atomic mass is 79.9. The van der Waals surface area contributed by atoms with Crippen molar-refractivity contribution in [1.82, 2.24) is 9.71 Å². The van der Waals surface area contributed by atoms with Crippen LogP contribution in [0.5, 0.6) is 5.75 Å². The highest BCUT2D eigenvalue weighted by molar-refractivity contribution is 9.11. The number of methoxy groups -OCH3 is 1. The SMILES string of the molecule is COc1ccc(-c2sc(S(=O)(=O)NC(=O)Nc3ncc(Br)s3)cc2C)c(C)c1. The lowest BCUT2D eigenvalue weighted by Gasteiger charge is -2.07. The lowest BCUT2D eigenvalue weighted by molar-refractivity contribution is 0.256. The molecule has 0 aliphatic rings. The number of carbonyl (C=O) groups excluding carboxylic acids is 1. The van der Waals surface area contributed by atoms with Crippen molar-refractivity contribution in [3.8, 4) is 16.2 Å². The summed E-state index contributed by atoms with van der Waals surface area (Å²) in [5.41, 5.74) is 2.69. The number of nitrogens with one attached hydrogen (secondary N) is 2. The number of hydrogen-bond acceptors (Lipinski definition) is 7. The summed E-state index contributed by atoms with van der Waals surface area (Å²) in [7, 11) is -2.42. The lowest BCUT2D eigenvalue weighted by atomic mass is 10.0. The van der Waals surface area contributed by atoms with Crippen molar-refractivity contribution in [2.24, 2.45) is 0 Å². The van der Waals surface area contributed by atoms with E-state index in [4.69, 9.17) is 4.74 Å². The Kier molecular flexibility index (Phi) is 6.08. The third-order valence-corrected chi connectivity index (χ3v) is 8.23. The number of thiophene rings is 1. The Bertz CT molecular complexity index is 1140. The minimum absolute atomic E-state index is 0.0608. The second kappa shape index (κ2) is 8.19. The molecule has 0 unspecified atom stereocenters. The first-order chi connectivity index (χ1) is 13.2. The molecule has 0 saturated carbocycles. The number of nitrogens with zero attached hydrogens (tertiary/aromatic N) is 1.